The molecule has 0 amide bonds. The summed E-state index contributed by atoms with van der Waals surface area (Å²) in [7, 11) is 0. The van der Waals surface area contributed by atoms with Gasteiger partial charge in [-0.05, 0) is 160 Å². The number of allylic oxidation sites excluding steroid dienone is 4. The normalized spacial score (nSPS) is 11.7. The standard InChI is InChI=1S/C64H50.5CH4/c1-5-8-24-43(4)51-39-37-47(44-25-12-9-13-26-44)41-59(51)62-54-32-19-22-35-57(54)64(58-36-23-20-33-55(58)62)63-50(7-3)49(6-2)61(53-31-18-21-34-56(53)63)60-42-48(45-27-14-10-15-28-45)38-40-52(60)46-29-16-11-17-30-46;;;;;/h5-42H,1-4H3;5*1H4/b8-5-,43-24+,49-6+,50-7+;;;;;. The van der Waals surface area contributed by atoms with E-state index in [-0.39, 0.29) is 37.1 Å². The summed E-state index contributed by atoms with van der Waals surface area (Å²) in [5.41, 5.74) is 17.2. The van der Waals surface area contributed by atoms with E-state index in [1.807, 2.05) is 0 Å². The van der Waals surface area contributed by atoms with Gasteiger partial charge in [-0.3, -0.25) is 0 Å². The van der Waals surface area contributed by atoms with Crippen molar-refractivity contribution in [2.75, 3.05) is 0 Å². The Labute approximate surface area is 414 Å². The first-order valence-electron chi connectivity index (χ1n) is 22.5. The van der Waals surface area contributed by atoms with Crippen molar-refractivity contribution in [3.05, 3.63) is 234 Å². The van der Waals surface area contributed by atoms with Gasteiger partial charge in [0.15, 0.2) is 0 Å². The summed E-state index contributed by atoms with van der Waals surface area (Å²) in [5.74, 6) is 0. The predicted octanol–water partition coefficient (Wildman–Crippen LogP) is 19.9. The molecule has 0 nitrogen and oxygen atoms in total. The number of hydrogen-bond acceptors (Lipinski definition) is 0. The van der Waals surface area contributed by atoms with Crippen molar-refractivity contribution in [2.24, 2.45) is 0 Å². The summed E-state index contributed by atoms with van der Waals surface area (Å²) < 4.78 is 0. The highest BCUT2D eigenvalue weighted by molar-refractivity contribution is 6.25. The Bertz CT molecular complexity index is 3490. The molecule has 10 aromatic rings. The largest absolute Gasteiger partial charge is 0.0877 e. The van der Waals surface area contributed by atoms with Crippen LogP contribution in [0.1, 0.15) is 70.4 Å². The molecule has 346 valence electrons. The molecule has 0 atom stereocenters. The Kier molecular flexibility index (Phi) is 17.2. The van der Waals surface area contributed by atoms with Crippen molar-refractivity contribution in [2.45, 2.75) is 64.8 Å². The minimum absolute atomic E-state index is 0. The lowest BCUT2D eigenvalue weighted by atomic mass is 9.80. The molecule has 0 fully saturated rings. The fraction of sp³-hybridized carbons (Fsp3) is 0.130. The molecular formula is C69H70. The molecule has 10 aromatic carbocycles. The molecule has 10 rings (SSSR count). The molecule has 0 unspecified atom stereocenters. The van der Waals surface area contributed by atoms with Crippen LogP contribution in [0.2, 0.25) is 0 Å². The molecule has 0 N–H and O–H groups in total. The first kappa shape index (κ1) is 52.2. The Morgan fingerprint density at radius 2 is 0.696 bits per heavy atom. The second kappa shape index (κ2) is 22.8. The number of fused-ring (bicyclic) bond motifs is 3. The van der Waals surface area contributed by atoms with Crippen LogP contribution in [0.3, 0.4) is 0 Å². The highest BCUT2D eigenvalue weighted by Crippen LogP contribution is 2.48. The average molecular weight is 899 g/mol. The Morgan fingerprint density at radius 1 is 0.319 bits per heavy atom. The van der Waals surface area contributed by atoms with Gasteiger partial charge in [0.1, 0.15) is 0 Å². The highest BCUT2D eigenvalue weighted by atomic mass is 14.3. The van der Waals surface area contributed by atoms with Crippen LogP contribution in [0.5, 0.6) is 0 Å². The molecule has 0 aliphatic rings. The number of benzene rings is 10. The third-order valence-electron chi connectivity index (χ3n) is 12.9. The molecule has 0 bridgehead atoms. The predicted molar refractivity (Wildman–Crippen MR) is 313 cm³/mol. The zero-order valence-electron chi connectivity index (χ0n) is 36.9. The lowest BCUT2D eigenvalue weighted by molar-refractivity contribution is 1.50. The SMILES string of the molecule is C.C.C.C.C.C/C=C\C=C(/C)c1ccc(-c2ccccc2)cc1-c1c2ccccc2c(-c2c(=C/C)/c(=C\C)c(-c3cc(-c4ccccc4)ccc3-c3ccccc3)c3ccccc23)c2ccccc12. The molecule has 0 saturated heterocycles. The lowest BCUT2D eigenvalue weighted by Crippen LogP contribution is -2.29. The molecule has 0 saturated carbocycles. The monoisotopic (exact) mass is 899 g/mol. The first-order valence-corrected chi connectivity index (χ1v) is 22.5. The van der Waals surface area contributed by atoms with E-state index in [2.05, 4.69) is 258 Å². The summed E-state index contributed by atoms with van der Waals surface area (Å²) in [4.78, 5) is 0. The second-order valence-corrected chi connectivity index (χ2v) is 16.5. The van der Waals surface area contributed by atoms with E-state index in [1.54, 1.807) is 0 Å². The van der Waals surface area contributed by atoms with Crippen LogP contribution < -0.4 is 10.4 Å². The fourth-order valence-electron chi connectivity index (χ4n) is 9.99. The molecule has 0 heteroatoms. The summed E-state index contributed by atoms with van der Waals surface area (Å²) >= 11 is 0. The zero-order chi connectivity index (χ0) is 43.6. The van der Waals surface area contributed by atoms with Crippen molar-refractivity contribution < 1.29 is 0 Å². The van der Waals surface area contributed by atoms with Gasteiger partial charge in [0, 0.05) is 0 Å². The van der Waals surface area contributed by atoms with Crippen LogP contribution in [0, 0.1) is 0 Å². The van der Waals surface area contributed by atoms with Crippen molar-refractivity contribution in [3.63, 3.8) is 0 Å². The van der Waals surface area contributed by atoms with Crippen molar-refractivity contribution >= 4 is 50.0 Å². The van der Waals surface area contributed by atoms with Gasteiger partial charge >= 0.3 is 0 Å². The molecule has 0 aliphatic heterocycles. The number of rotatable bonds is 8. The van der Waals surface area contributed by atoms with E-state index in [1.165, 1.54) is 121 Å². The second-order valence-electron chi connectivity index (χ2n) is 16.5. The van der Waals surface area contributed by atoms with E-state index in [0.29, 0.717) is 0 Å². The summed E-state index contributed by atoms with van der Waals surface area (Å²) in [6, 6.07) is 73.7. The quantitative estimate of drug-likeness (QED) is 0.105. The smallest absolute Gasteiger partial charge is 0.00140 e. The molecule has 0 heterocycles. The Hall–Kier alpha value is -7.80. The van der Waals surface area contributed by atoms with Crippen LogP contribution >= 0.6 is 0 Å². The van der Waals surface area contributed by atoms with Crippen molar-refractivity contribution in [1.29, 1.82) is 0 Å². The van der Waals surface area contributed by atoms with Crippen LogP contribution in [0.4, 0.5) is 0 Å². The number of hydrogen-bond donors (Lipinski definition) is 0. The lowest BCUT2D eigenvalue weighted by Gasteiger charge is -2.23. The molecular weight excluding hydrogens is 829 g/mol. The van der Waals surface area contributed by atoms with Gasteiger partial charge < -0.3 is 0 Å². The van der Waals surface area contributed by atoms with Gasteiger partial charge in [-0.25, -0.2) is 0 Å². The Morgan fingerprint density at radius 3 is 1.16 bits per heavy atom. The van der Waals surface area contributed by atoms with Crippen molar-refractivity contribution in [1.82, 2.24) is 0 Å². The maximum Gasteiger partial charge on any atom is -0.00140 e. The van der Waals surface area contributed by atoms with Gasteiger partial charge in [-0.15, -0.1) is 0 Å². The maximum absolute atomic E-state index is 2.42. The van der Waals surface area contributed by atoms with Crippen LogP contribution in [-0.4, -0.2) is 0 Å². The van der Waals surface area contributed by atoms with Gasteiger partial charge in [0.2, 0.25) is 0 Å². The van der Waals surface area contributed by atoms with Gasteiger partial charge in [0.25, 0.3) is 0 Å². The minimum atomic E-state index is 0. The van der Waals surface area contributed by atoms with Gasteiger partial charge in [-0.1, -0.05) is 256 Å². The van der Waals surface area contributed by atoms with Crippen molar-refractivity contribution in [3.8, 4) is 66.8 Å². The fourth-order valence-corrected chi connectivity index (χ4v) is 9.99. The molecule has 0 radical (unpaired) electrons. The maximum atomic E-state index is 2.42. The molecule has 0 aromatic heterocycles. The first-order chi connectivity index (χ1) is 31.6. The van der Waals surface area contributed by atoms with Crippen LogP contribution in [0.25, 0.3) is 117 Å². The van der Waals surface area contributed by atoms with Crippen LogP contribution in [-0.2, 0) is 0 Å². The topological polar surface area (TPSA) is 0 Å². The third-order valence-corrected chi connectivity index (χ3v) is 12.9. The molecule has 69 heavy (non-hydrogen) atoms. The van der Waals surface area contributed by atoms with E-state index < -0.39 is 0 Å². The Balaban J connectivity index is 0.00000178. The van der Waals surface area contributed by atoms with Crippen LogP contribution in [0.15, 0.2) is 218 Å². The van der Waals surface area contributed by atoms with Gasteiger partial charge in [-0.2, -0.15) is 0 Å². The summed E-state index contributed by atoms with van der Waals surface area (Å²) in [5, 5.41) is 9.89. The van der Waals surface area contributed by atoms with E-state index in [9.17, 15) is 0 Å². The van der Waals surface area contributed by atoms with Gasteiger partial charge in [0.05, 0.1) is 0 Å². The zero-order valence-corrected chi connectivity index (χ0v) is 36.9. The minimum Gasteiger partial charge on any atom is -0.0877 e. The molecule has 0 aliphatic carbocycles. The summed E-state index contributed by atoms with van der Waals surface area (Å²) in [6.45, 7) is 8.73. The third kappa shape index (κ3) is 9.41. The molecule has 0 spiro atoms. The summed E-state index contributed by atoms with van der Waals surface area (Å²) in [6.07, 6.45) is 11.2. The van der Waals surface area contributed by atoms with E-state index in [4.69, 9.17) is 0 Å². The average Bonchev–Trinajstić information content (AvgIpc) is 3.37. The highest BCUT2D eigenvalue weighted by Gasteiger charge is 2.24. The van der Waals surface area contributed by atoms with E-state index in [0.717, 1.165) is 0 Å². The van der Waals surface area contributed by atoms with E-state index >= 15 is 0 Å².